The molecule has 0 aliphatic carbocycles. The van der Waals surface area contributed by atoms with Crippen LogP contribution >= 0.6 is 0 Å². The van der Waals surface area contributed by atoms with Crippen LogP contribution in [0.5, 0.6) is 0 Å². The Morgan fingerprint density at radius 2 is 1.82 bits per heavy atom. The minimum absolute atomic E-state index is 0.0625. The molecule has 0 saturated carbocycles. The monoisotopic (exact) mass is 297 g/mol. The van der Waals surface area contributed by atoms with Gasteiger partial charge in [0.15, 0.2) is 0 Å². The molecular formula is C17H19N3O2. The van der Waals surface area contributed by atoms with Crippen molar-refractivity contribution in [2.24, 2.45) is 5.73 Å². The van der Waals surface area contributed by atoms with Crippen LogP contribution in [0.25, 0.3) is 0 Å². The Balaban J connectivity index is 1.88. The van der Waals surface area contributed by atoms with Crippen molar-refractivity contribution in [1.82, 2.24) is 5.32 Å². The lowest BCUT2D eigenvalue weighted by atomic mass is 10.1. The maximum Gasteiger partial charge on any atom is 0.248 e. The normalized spacial score (nSPS) is 11.5. The SMILES string of the molecule is CC(NC(=O)CNc1cccc(C(N)=O)c1)c1ccccc1. The number of hydrogen-bond donors (Lipinski definition) is 3. The van der Waals surface area contributed by atoms with Crippen molar-refractivity contribution in [2.75, 3.05) is 11.9 Å². The first-order chi connectivity index (χ1) is 10.6. The molecule has 0 aliphatic rings. The van der Waals surface area contributed by atoms with E-state index in [0.29, 0.717) is 11.3 Å². The Morgan fingerprint density at radius 3 is 2.50 bits per heavy atom. The fourth-order valence-corrected chi connectivity index (χ4v) is 2.08. The lowest BCUT2D eigenvalue weighted by Gasteiger charge is -2.15. The van der Waals surface area contributed by atoms with E-state index in [-0.39, 0.29) is 18.5 Å². The third kappa shape index (κ3) is 4.34. The van der Waals surface area contributed by atoms with Gasteiger partial charge in [0.25, 0.3) is 0 Å². The summed E-state index contributed by atoms with van der Waals surface area (Å²) in [6.45, 7) is 2.06. The molecule has 2 aromatic carbocycles. The highest BCUT2D eigenvalue weighted by atomic mass is 16.2. The van der Waals surface area contributed by atoms with E-state index in [0.717, 1.165) is 5.56 Å². The highest BCUT2D eigenvalue weighted by Gasteiger charge is 2.09. The number of amides is 2. The highest BCUT2D eigenvalue weighted by molar-refractivity contribution is 5.93. The lowest BCUT2D eigenvalue weighted by molar-refractivity contribution is -0.120. The molecule has 114 valence electrons. The van der Waals surface area contributed by atoms with Crippen molar-refractivity contribution in [1.29, 1.82) is 0 Å². The van der Waals surface area contributed by atoms with Gasteiger partial charge in [0.1, 0.15) is 0 Å². The number of nitrogens with one attached hydrogen (secondary N) is 2. The second-order valence-corrected chi connectivity index (χ2v) is 5.00. The number of nitrogens with two attached hydrogens (primary N) is 1. The number of benzene rings is 2. The van der Waals surface area contributed by atoms with Gasteiger partial charge < -0.3 is 16.4 Å². The van der Waals surface area contributed by atoms with E-state index in [1.807, 2.05) is 37.3 Å². The zero-order chi connectivity index (χ0) is 15.9. The van der Waals surface area contributed by atoms with Crippen LogP contribution in [0.4, 0.5) is 5.69 Å². The van der Waals surface area contributed by atoms with Crippen LogP contribution in [0.3, 0.4) is 0 Å². The van der Waals surface area contributed by atoms with Gasteiger partial charge in [-0.2, -0.15) is 0 Å². The number of rotatable bonds is 6. The molecule has 1 atom stereocenters. The predicted octanol–water partition coefficient (Wildman–Crippen LogP) is 2.07. The summed E-state index contributed by atoms with van der Waals surface area (Å²) >= 11 is 0. The fourth-order valence-electron chi connectivity index (χ4n) is 2.08. The maximum absolute atomic E-state index is 12.0. The first-order valence-electron chi connectivity index (χ1n) is 7.04. The van der Waals surface area contributed by atoms with Gasteiger partial charge in [-0.05, 0) is 30.7 Å². The molecular weight excluding hydrogens is 278 g/mol. The second-order valence-electron chi connectivity index (χ2n) is 5.00. The Labute approximate surface area is 129 Å². The number of carbonyl (C=O) groups is 2. The molecule has 0 aliphatic heterocycles. The zero-order valence-corrected chi connectivity index (χ0v) is 12.4. The Hall–Kier alpha value is -2.82. The van der Waals surface area contributed by atoms with Crippen LogP contribution in [0.1, 0.15) is 28.9 Å². The summed E-state index contributed by atoms with van der Waals surface area (Å²) in [7, 11) is 0. The van der Waals surface area contributed by atoms with Crippen molar-refractivity contribution in [2.45, 2.75) is 13.0 Å². The minimum atomic E-state index is -0.495. The molecule has 2 aromatic rings. The molecule has 5 heteroatoms. The van der Waals surface area contributed by atoms with Gasteiger partial charge in [0.05, 0.1) is 12.6 Å². The highest BCUT2D eigenvalue weighted by Crippen LogP contribution is 2.12. The summed E-state index contributed by atoms with van der Waals surface area (Å²) in [6.07, 6.45) is 0. The molecule has 0 heterocycles. The van der Waals surface area contributed by atoms with Gasteiger partial charge in [-0.3, -0.25) is 9.59 Å². The van der Waals surface area contributed by atoms with E-state index in [2.05, 4.69) is 10.6 Å². The van der Waals surface area contributed by atoms with Crippen LogP contribution in [0.15, 0.2) is 54.6 Å². The Morgan fingerprint density at radius 1 is 1.09 bits per heavy atom. The molecule has 0 fully saturated rings. The van der Waals surface area contributed by atoms with Gasteiger partial charge in [0.2, 0.25) is 11.8 Å². The summed E-state index contributed by atoms with van der Waals surface area (Å²) in [5.74, 6) is -0.619. The molecule has 4 N–H and O–H groups in total. The summed E-state index contributed by atoms with van der Waals surface area (Å²) in [5, 5.41) is 5.89. The van der Waals surface area contributed by atoms with Crippen molar-refractivity contribution >= 4 is 17.5 Å². The van der Waals surface area contributed by atoms with Gasteiger partial charge in [-0.25, -0.2) is 0 Å². The third-order valence-corrected chi connectivity index (χ3v) is 3.28. The summed E-state index contributed by atoms with van der Waals surface area (Å²) in [6, 6.07) is 16.4. The van der Waals surface area contributed by atoms with E-state index in [4.69, 9.17) is 5.73 Å². The molecule has 0 aromatic heterocycles. The van der Waals surface area contributed by atoms with Crippen LogP contribution in [0.2, 0.25) is 0 Å². The largest absolute Gasteiger partial charge is 0.376 e. The molecule has 1 unspecified atom stereocenters. The first kappa shape index (κ1) is 15.6. The van der Waals surface area contributed by atoms with Gasteiger partial charge >= 0.3 is 0 Å². The molecule has 22 heavy (non-hydrogen) atoms. The molecule has 2 amide bonds. The van der Waals surface area contributed by atoms with E-state index in [9.17, 15) is 9.59 Å². The Bertz CT molecular complexity index is 656. The summed E-state index contributed by atoms with van der Waals surface area (Å²) in [4.78, 5) is 23.1. The van der Waals surface area contributed by atoms with Crippen LogP contribution in [0, 0.1) is 0 Å². The molecule has 5 nitrogen and oxygen atoms in total. The lowest BCUT2D eigenvalue weighted by Crippen LogP contribution is -2.32. The van der Waals surface area contributed by atoms with Crippen LogP contribution in [-0.2, 0) is 4.79 Å². The number of carbonyl (C=O) groups excluding carboxylic acids is 2. The fraction of sp³-hybridized carbons (Fsp3) is 0.176. The third-order valence-electron chi connectivity index (χ3n) is 3.28. The number of primary amides is 1. The van der Waals surface area contributed by atoms with E-state index in [1.165, 1.54) is 0 Å². The molecule has 0 bridgehead atoms. The predicted molar refractivity (Wildman–Crippen MR) is 86.4 cm³/mol. The smallest absolute Gasteiger partial charge is 0.248 e. The van der Waals surface area contributed by atoms with Crippen molar-refractivity contribution in [3.8, 4) is 0 Å². The van der Waals surface area contributed by atoms with Gasteiger partial charge in [0, 0.05) is 11.3 Å². The standard InChI is InChI=1S/C17H19N3O2/c1-12(13-6-3-2-4-7-13)20-16(21)11-19-15-9-5-8-14(10-15)17(18)22/h2-10,12,19H,11H2,1H3,(H2,18,22)(H,20,21). The Kier molecular flexibility index (Phi) is 5.14. The van der Waals surface area contributed by atoms with E-state index >= 15 is 0 Å². The zero-order valence-electron chi connectivity index (χ0n) is 12.4. The van der Waals surface area contributed by atoms with Crippen molar-refractivity contribution in [3.63, 3.8) is 0 Å². The number of anilines is 1. The van der Waals surface area contributed by atoms with E-state index in [1.54, 1.807) is 24.3 Å². The molecule has 2 rings (SSSR count). The average molecular weight is 297 g/mol. The first-order valence-corrected chi connectivity index (χ1v) is 7.04. The summed E-state index contributed by atoms with van der Waals surface area (Å²) in [5.41, 5.74) is 7.36. The quantitative estimate of drug-likeness (QED) is 0.763. The second kappa shape index (κ2) is 7.26. The average Bonchev–Trinajstić information content (AvgIpc) is 2.54. The van der Waals surface area contributed by atoms with E-state index < -0.39 is 5.91 Å². The van der Waals surface area contributed by atoms with Gasteiger partial charge in [-0.15, -0.1) is 0 Å². The minimum Gasteiger partial charge on any atom is -0.376 e. The van der Waals surface area contributed by atoms with Crippen LogP contribution in [-0.4, -0.2) is 18.4 Å². The van der Waals surface area contributed by atoms with Crippen molar-refractivity contribution < 1.29 is 9.59 Å². The topological polar surface area (TPSA) is 84.2 Å². The van der Waals surface area contributed by atoms with Crippen LogP contribution < -0.4 is 16.4 Å². The maximum atomic E-state index is 12.0. The van der Waals surface area contributed by atoms with Gasteiger partial charge in [-0.1, -0.05) is 36.4 Å². The molecule has 0 saturated heterocycles. The molecule has 0 radical (unpaired) electrons. The molecule has 0 spiro atoms. The summed E-state index contributed by atoms with van der Waals surface area (Å²) < 4.78 is 0. The van der Waals surface area contributed by atoms with Crippen molar-refractivity contribution in [3.05, 3.63) is 65.7 Å². The number of hydrogen-bond acceptors (Lipinski definition) is 3.